The van der Waals surface area contributed by atoms with E-state index in [9.17, 15) is 8.42 Å². The number of hydrogen-bond donors (Lipinski definition) is 1. The van der Waals surface area contributed by atoms with E-state index < -0.39 is 10.4 Å². The van der Waals surface area contributed by atoms with Crippen LogP contribution in [0.3, 0.4) is 0 Å². The van der Waals surface area contributed by atoms with Crippen LogP contribution >= 0.6 is 0 Å². The van der Waals surface area contributed by atoms with Gasteiger partial charge in [0, 0.05) is 6.42 Å². The summed E-state index contributed by atoms with van der Waals surface area (Å²) in [6, 6.07) is 0. The van der Waals surface area contributed by atoms with Crippen LogP contribution < -0.4 is 0 Å². The molecule has 23 heavy (non-hydrogen) atoms. The van der Waals surface area contributed by atoms with E-state index in [4.69, 9.17) is 23.5 Å². The number of rotatable bonds is 15. The lowest BCUT2D eigenvalue weighted by molar-refractivity contribution is 0.00337. The Bertz CT molecular complexity index is 412. The van der Waals surface area contributed by atoms with Gasteiger partial charge in [0.05, 0.1) is 46.2 Å². The van der Waals surface area contributed by atoms with Gasteiger partial charge in [0.25, 0.3) is 0 Å². The van der Waals surface area contributed by atoms with Crippen molar-refractivity contribution in [3.63, 3.8) is 0 Å². The Balaban J connectivity index is 3.12. The van der Waals surface area contributed by atoms with Crippen LogP contribution in [0.15, 0.2) is 0 Å². The third kappa shape index (κ3) is 21.1. The first kappa shape index (κ1) is 22.1. The van der Waals surface area contributed by atoms with Gasteiger partial charge in [0.15, 0.2) is 0 Å². The van der Waals surface area contributed by atoms with E-state index in [1.54, 1.807) is 0 Å². The monoisotopic (exact) mass is 354 g/mol. The lowest BCUT2D eigenvalue weighted by Gasteiger charge is -2.06. The summed E-state index contributed by atoms with van der Waals surface area (Å²) < 4.78 is 53.4. The van der Waals surface area contributed by atoms with Gasteiger partial charge in [-0.15, -0.1) is 0 Å². The van der Waals surface area contributed by atoms with Crippen molar-refractivity contribution in [2.45, 2.75) is 26.2 Å². The Morgan fingerprint density at radius 2 is 1.39 bits per heavy atom. The second kappa shape index (κ2) is 16.0. The van der Waals surface area contributed by atoms with Crippen LogP contribution in [-0.2, 0) is 33.5 Å². The minimum atomic E-state index is -4.39. The molecule has 0 unspecified atom stereocenters. The molecule has 0 rings (SSSR count). The molecule has 0 amide bonds. The SMILES string of the molecule is CCCCC#COCCOCCOCCOCCOS(=O)(=O)O. The summed E-state index contributed by atoms with van der Waals surface area (Å²) in [5, 5.41) is 0. The van der Waals surface area contributed by atoms with Gasteiger partial charge in [0.2, 0.25) is 0 Å². The van der Waals surface area contributed by atoms with Crippen LogP contribution in [-0.4, -0.2) is 65.8 Å². The van der Waals surface area contributed by atoms with E-state index >= 15 is 0 Å². The third-order valence-electron chi connectivity index (χ3n) is 2.33. The van der Waals surface area contributed by atoms with E-state index in [1.165, 1.54) is 0 Å². The van der Waals surface area contributed by atoms with Crippen LogP contribution in [0.2, 0.25) is 0 Å². The lowest BCUT2D eigenvalue weighted by atomic mass is 10.3. The highest BCUT2D eigenvalue weighted by atomic mass is 32.3. The Kier molecular flexibility index (Phi) is 15.4. The van der Waals surface area contributed by atoms with Crippen molar-refractivity contribution in [2.24, 2.45) is 0 Å². The van der Waals surface area contributed by atoms with E-state index in [-0.39, 0.29) is 13.2 Å². The molecule has 0 radical (unpaired) electrons. The van der Waals surface area contributed by atoms with Gasteiger partial charge in [0.1, 0.15) is 12.7 Å². The second-order valence-corrected chi connectivity index (χ2v) is 5.41. The zero-order valence-corrected chi connectivity index (χ0v) is 14.3. The summed E-state index contributed by atoms with van der Waals surface area (Å²) in [5.41, 5.74) is 0. The molecular formula is C14H26O8S. The molecule has 0 aliphatic carbocycles. The van der Waals surface area contributed by atoms with Crippen molar-refractivity contribution >= 4 is 10.4 Å². The van der Waals surface area contributed by atoms with Gasteiger partial charge in [-0.25, -0.2) is 4.18 Å². The van der Waals surface area contributed by atoms with E-state index in [2.05, 4.69) is 23.1 Å². The summed E-state index contributed by atoms with van der Waals surface area (Å²) in [7, 11) is -4.39. The average Bonchev–Trinajstić information content (AvgIpc) is 2.49. The molecule has 9 heteroatoms. The van der Waals surface area contributed by atoms with Gasteiger partial charge in [-0.05, 0) is 6.42 Å². The third-order valence-corrected chi connectivity index (χ3v) is 2.80. The smallest absolute Gasteiger partial charge is 0.397 e. The molecular weight excluding hydrogens is 328 g/mol. The maximum Gasteiger partial charge on any atom is 0.397 e. The molecule has 0 aliphatic heterocycles. The Morgan fingerprint density at radius 1 is 0.870 bits per heavy atom. The van der Waals surface area contributed by atoms with Crippen LogP contribution in [0.25, 0.3) is 0 Å². The Hall–Kier alpha value is -0.890. The molecule has 0 saturated heterocycles. The molecule has 0 atom stereocenters. The van der Waals surface area contributed by atoms with Crippen molar-refractivity contribution in [3.05, 3.63) is 0 Å². The number of hydrogen-bond acceptors (Lipinski definition) is 7. The fourth-order valence-electron chi connectivity index (χ4n) is 1.26. The molecule has 0 spiro atoms. The molecule has 136 valence electrons. The van der Waals surface area contributed by atoms with E-state index in [1.807, 2.05) is 0 Å². The first-order valence-electron chi connectivity index (χ1n) is 7.51. The molecule has 0 aliphatic rings. The molecule has 8 nitrogen and oxygen atoms in total. The molecule has 0 heterocycles. The second-order valence-electron chi connectivity index (χ2n) is 4.32. The van der Waals surface area contributed by atoms with Gasteiger partial charge in [-0.1, -0.05) is 19.3 Å². The number of ether oxygens (including phenoxy) is 4. The largest absolute Gasteiger partial charge is 0.444 e. The average molecular weight is 354 g/mol. The predicted octanol–water partition coefficient (Wildman–Crippen LogP) is 1.02. The Morgan fingerprint density at radius 3 is 1.91 bits per heavy atom. The van der Waals surface area contributed by atoms with Crippen molar-refractivity contribution in [2.75, 3.05) is 52.9 Å². The van der Waals surface area contributed by atoms with Crippen LogP contribution in [0.1, 0.15) is 26.2 Å². The Labute approximate surface area is 138 Å². The number of unbranched alkanes of at least 4 members (excludes halogenated alkanes) is 2. The molecule has 0 saturated carbocycles. The van der Waals surface area contributed by atoms with Crippen molar-refractivity contribution in [3.8, 4) is 12.0 Å². The normalized spacial score (nSPS) is 11.0. The summed E-state index contributed by atoms with van der Waals surface area (Å²) in [6.07, 6.45) is 5.69. The summed E-state index contributed by atoms with van der Waals surface area (Å²) in [5.74, 6) is 2.91. The zero-order chi connectivity index (χ0) is 17.2. The highest BCUT2D eigenvalue weighted by Gasteiger charge is 2.02. The van der Waals surface area contributed by atoms with Gasteiger partial charge in [-0.3, -0.25) is 4.55 Å². The molecule has 0 aromatic heterocycles. The molecule has 0 aromatic rings. The van der Waals surface area contributed by atoms with Crippen LogP contribution in [0, 0.1) is 12.0 Å². The zero-order valence-electron chi connectivity index (χ0n) is 13.5. The van der Waals surface area contributed by atoms with Gasteiger partial charge in [-0.2, -0.15) is 8.42 Å². The highest BCUT2D eigenvalue weighted by molar-refractivity contribution is 7.80. The first-order valence-corrected chi connectivity index (χ1v) is 8.87. The molecule has 0 aromatic carbocycles. The highest BCUT2D eigenvalue weighted by Crippen LogP contribution is 1.90. The fraction of sp³-hybridized carbons (Fsp3) is 0.857. The molecule has 1 N–H and O–H groups in total. The van der Waals surface area contributed by atoms with Gasteiger partial charge >= 0.3 is 10.4 Å². The topological polar surface area (TPSA) is 101 Å². The standard InChI is InChI=1S/C14H26O8S/c1-2-3-4-5-6-18-7-8-19-9-10-20-11-12-21-13-14-22-23(15,16)17/h2-4,7-14H2,1H3,(H,15,16,17). The molecule has 0 fully saturated rings. The quantitative estimate of drug-likeness (QED) is 0.264. The van der Waals surface area contributed by atoms with Crippen LogP contribution in [0.5, 0.6) is 0 Å². The summed E-state index contributed by atoms with van der Waals surface area (Å²) in [6.45, 7) is 4.33. The van der Waals surface area contributed by atoms with Crippen LogP contribution in [0.4, 0.5) is 0 Å². The lowest BCUT2D eigenvalue weighted by Crippen LogP contribution is -2.14. The maximum absolute atomic E-state index is 10.2. The summed E-state index contributed by atoms with van der Waals surface area (Å²) in [4.78, 5) is 0. The molecule has 0 bridgehead atoms. The first-order chi connectivity index (χ1) is 11.1. The van der Waals surface area contributed by atoms with Crippen molar-refractivity contribution in [1.29, 1.82) is 0 Å². The van der Waals surface area contributed by atoms with E-state index in [0.29, 0.717) is 39.6 Å². The summed E-state index contributed by atoms with van der Waals surface area (Å²) >= 11 is 0. The van der Waals surface area contributed by atoms with Gasteiger partial charge < -0.3 is 18.9 Å². The predicted molar refractivity (Wildman–Crippen MR) is 83.2 cm³/mol. The minimum Gasteiger partial charge on any atom is -0.444 e. The fourth-order valence-corrected chi connectivity index (χ4v) is 1.54. The maximum atomic E-state index is 10.2. The van der Waals surface area contributed by atoms with E-state index in [0.717, 1.165) is 19.3 Å². The van der Waals surface area contributed by atoms with Crippen molar-refractivity contribution in [1.82, 2.24) is 0 Å². The van der Waals surface area contributed by atoms with Crippen molar-refractivity contribution < 1.29 is 36.1 Å². The minimum absolute atomic E-state index is 0.0519.